The molecule has 30 heavy (non-hydrogen) atoms. The monoisotopic (exact) mass is 399 g/mol. The zero-order chi connectivity index (χ0) is 21.1. The summed E-state index contributed by atoms with van der Waals surface area (Å²) in [4.78, 5) is 18.1. The van der Waals surface area contributed by atoms with E-state index < -0.39 is 0 Å². The molecule has 3 aromatic heterocycles. The Morgan fingerprint density at radius 3 is 2.53 bits per heavy atom. The van der Waals surface area contributed by atoms with E-state index in [4.69, 9.17) is 9.51 Å². The van der Waals surface area contributed by atoms with Crippen LogP contribution in [0.4, 0.5) is 0 Å². The van der Waals surface area contributed by atoms with Crippen LogP contribution in [0.3, 0.4) is 0 Å². The minimum Gasteiger partial charge on any atom is -0.334 e. The molecule has 6 heteroatoms. The second kappa shape index (κ2) is 8.14. The normalized spacial score (nSPS) is 15.4. The third kappa shape index (κ3) is 3.73. The van der Waals surface area contributed by atoms with E-state index in [1.54, 1.807) is 18.5 Å². The molecule has 1 fully saturated rings. The summed E-state index contributed by atoms with van der Waals surface area (Å²) in [5.74, 6) is 1.21. The summed E-state index contributed by atoms with van der Waals surface area (Å²) in [6, 6.07) is 8.00. The van der Waals surface area contributed by atoms with Crippen molar-refractivity contribution in [2.75, 3.05) is 0 Å². The first kappa shape index (κ1) is 19.9. The third-order valence-corrected chi connectivity index (χ3v) is 5.51. The van der Waals surface area contributed by atoms with Crippen molar-refractivity contribution in [3.8, 4) is 11.5 Å². The highest BCUT2D eigenvalue weighted by molar-refractivity contribution is 5.81. The first-order valence-electron chi connectivity index (χ1n) is 10.1. The number of hydrogen-bond donors (Lipinski definition) is 0. The van der Waals surface area contributed by atoms with Gasteiger partial charge in [0.2, 0.25) is 0 Å². The summed E-state index contributed by atoms with van der Waals surface area (Å²) >= 11 is 0. The molecule has 0 radical (unpaired) electrons. The second-order valence-electron chi connectivity index (χ2n) is 7.84. The molecule has 0 aromatic carbocycles. The van der Waals surface area contributed by atoms with Crippen molar-refractivity contribution in [3.63, 3.8) is 0 Å². The van der Waals surface area contributed by atoms with Gasteiger partial charge in [-0.1, -0.05) is 30.3 Å². The fourth-order valence-electron chi connectivity index (χ4n) is 3.57. The Morgan fingerprint density at radius 2 is 1.97 bits per heavy atom. The third-order valence-electron chi connectivity index (χ3n) is 5.51. The molecule has 0 spiro atoms. The van der Waals surface area contributed by atoms with Crippen LogP contribution < -0.4 is 0 Å². The highest BCUT2D eigenvalue weighted by Gasteiger charge is 2.44. The molecule has 1 saturated carbocycles. The molecular weight excluding hydrogens is 374 g/mol. The standard InChI is InChI=1S/C24H25N5O/c1-5-18(13-25-16(2)3)21-10-9-20(15-27-21)24(11-6-12-24)23-28-22(30-29-23)19-8-7-17(4)26-14-19/h5,7-10,13-15H,1,6,11-12H2,2-4H3/b18-13+. The Kier molecular flexibility index (Phi) is 5.40. The molecule has 1 aliphatic carbocycles. The van der Waals surface area contributed by atoms with Gasteiger partial charge in [-0.25, -0.2) is 0 Å². The van der Waals surface area contributed by atoms with Crippen molar-refractivity contribution < 1.29 is 4.52 Å². The van der Waals surface area contributed by atoms with Crippen LogP contribution in [0.2, 0.25) is 0 Å². The van der Waals surface area contributed by atoms with Crippen LogP contribution >= 0.6 is 0 Å². The Morgan fingerprint density at radius 1 is 1.13 bits per heavy atom. The van der Waals surface area contributed by atoms with Gasteiger partial charge in [0.05, 0.1) is 16.7 Å². The second-order valence-corrected chi connectivity index (χ2v) is 7.84. The van der Waals surface area contributed by atoms with E-state index in [1.165, 1.54) is 0 Å². The number of pyridine rings is 2. The predicted octanol–water partition coefficient (Wildman–Crippen LogP) is 5.31. The topological polar surface area (TPSA) is 77.1 Å². The molecule has 6 nitrogen and oxygen atoms in total. The lowest BCUT2D eigenvalue weighted by molar-refractivity contribution is 0.272. The van der Waals surface area contributed by atoms with Gasteiger partial charge in [-0.3, -0.25) is 15.0 Å². The minimum atomic E-state index is -0.248. The molecule has 0 unspecified atom stereocenters. The lowest BCUT2D eigenvalue weighted by atomic mass is 9.64. The summed E-state index contributed by atoms with van der Waals surface area (Å²) in [6.07, 6.45) is 10.3. The van der Waals surface area contributed by atoms with Gasteiger partial charge in [-0.05, 0) is 57.4 Å². The van der Waals surface area contributed by atoms with Gasteiger partial charge in [-0.15, -0.1) is 0 Å². The Hall–Kier alpha value is -3.41. The summed E-state index contributed by atoms with van der Waals surface area (Å²) in [5.41, 5.74) is 5.35. The van der Waals surface area contributed by atoms with Crippen molar-refractivity contribution in [2.24, 2.45) is 4.99 Å². The van der Waals surface area contributed by atoms with Crippen molar-refractivity contribution in [2.45, 2.75) is 45.4 Å². The summed E-state index contributed by atoms with van der Waals surface area (Å²) < 4.78 is 5.57. The van der Waals surface area contributed by atoms with Gasteiger partial charge in [0.25, 0.3) is 5.89 Å². The highest BCUT2D eigenvalue weighted by atomic mass is 16.5. The number of aromatic nitrogens is 4. The lowest BCUT2D eigenvalue weighted by Gasteiger charge is -2.39. The Balaban J connectivity index is 1.64. The quantitative estimate of drug-likeness (QED) is 0.414. The van der Waals surface area contributed by atoms with Gasteiger partial charge >= 0.3 is 0 Å². The van der Waals surface area contributed by atoms with Crippen LogP contribution in [-0.4, -0.2) is 25.8 Å². The van der Waals surface area contributed by atoms with E-state index in [1.807, 2.05) is 45.2 Å². The van der Waals surface area contributed by atoms with Crippen LogP contribution in [-0.2, 0) is 5.41 Å². The average Bonchev–Trinajstić information content (AvgIpc) is 3.19. The molecule has 3 heterocycles. The number of nitrogens with zero attached hydrogens (tertiary/aromatic N) is 5. The maximum absolute atomic E-state index is 5.57. The zero-order valence-electron chi connectivity index (χ0n) is 17.6. The van der Waals surface area contributed by atoms with Crippen molar-refractivity contribution in [3.05, 3.63) is 78.3 Å². The van der Waals surface area contributed by atoms with Gasteiger partial charge in [0.1, 0.15) is 0 Å². The molecule has 0 bridgehead atoms. The largest absolute Gasteiger partial charge is 0.334 e. The van der Waals surface area contributed by atoms with Gasteiger partial charge in [-0.2, -0.15) is 4.98 Å². The van der Waals surface area contributed by atoms with E-state index >= 15 is 0 Å². The molecule has 0 aliphatic heterocycles. The molecule has 0 amide bonds. The Labute approximate surface area is 176 Å². The van der Waals surface area contributed by atoms with E-state index in [0.29, 0.717) is 11.7 Å². The number of rotatable bonds is 6. The van der Waals surface area contributed by atoms with Crippen molar-refractivity contribution >= 4 is 11.3 Å². The number of allylic oxidation sites excluding steroid dienone is 2. The maximum atomic E-state index is 5.57. The zero-order valence-corrected chi connectivity index (χ0v) is 17.6. The molecular formula is C24H25N5O. The fourth-order valence-corrected chi connectivity index (χ4v) is 3.57. The van der Waals surface area contributed by atoms with Crippen LogP contribution in [0.5, 0.6) is 0 Å². The average molecular weight is 399 g/mol. The van der Waals surface area contributed by atoms with Crippen LogP contribution in [0.25, 0.3) is 17.0 Å². The fraction of sp³-hybridized carbons (Fsp3) is 0.292. The Bertz CT molecular complexity index is 1100. The smallest absolute Gasteiger partial charge is 0.259 e. The number of hydrogen-bond acceptors (Lipinski definition) is 6. The van der Waals surface area contributed by atoms with E-state index in [2.05, 4.69) is 32.8 Å². The lowest BCUT2D eigenvalue weighted by Crippen LogP contribution is -2.36. The molecule has 0 N–H and O–H groups in total. The molecule has 4 rings (SSSR count). The SMILES string of the molecule is C=C/C(=C\N=C(C)C)c1ccc(C2(c3noc(-c4ccc(C)nc4)n3)CCC2)cn1. The molecule has 1 aliphatic rings. The summed E-state index contributed by atoms with van der Waals surface area (Å²) in [6.45, 7) is 9.75. The van der Waals surface area contributed by atoms with E-state index in [9.17, 15) is 0 Å². The van der Waals surface area contributed by atoms with Gasteiger partial charge in [0, 0.05) is 35.6 Å². The summed E-state index contributed by atoms with van der Waals surface area (Å²) in [5, 5.41) is 4.32. The molecule has 152 valence electrons. The minimum absolute atomic E-state index is 0.248. The van der Waals surface area contributed by atoms with Crippen molar-refractivity contribution in [1.82, 2.24) is 20.1 Å². The first-order chi connectivity index (χ1) is 14.5. The molecule has 0 saturated heterocycles. The molecule has 3 aromatic rings. The molecule has 0 atom stereocenters. The van der Waals surface area contributed by atoms with Crippen LogP contribution in [0.1, 0.15) is 55.9 Å². The van der Waals surface area contributed by atoms with Crippen LogP contribution in [0.15, 0.2) is 65.0 Å². The van der Waals surface area contributed by atoms with Gasteiger partial charge in [0.15, 0.2) is 5.82 Å². The van der Waals surface area contributed by atoms with E-state index in [-0.39, 0.29) is 5.41 Å². The maximum Gasteiger partial charge on any atom is 0.259 e. The number of aliphatic imine (C=N–C) groups is 1. The first-order valence-corrected chi connectivity index (χ1v) is 10.1. The highest BCUT2D eigenvalue weighted by Crippen LogP contribution is 2.48. The van der Waals surface area contributed by atoms with Crippen molar-refractivity contribution in [1.29, 1.82) is 0 Å². The predicted molar refractivity (Wildman–Crippen MR) is 118 cm³/mol. The van der Waals surface area contributed by atoms with Gasteiger partial charge < -0.3 is 4.52 Å². The summed E-state index contributed by atoms with van der Waals surface area (Å²) in [7, 11) is 0. The van der Waals surface area contributed by atoms with Crippen LogP contribution in [0, 0.1) is 6.92 Å². The van der Waals surface area contributed by atoms with E-state index in [0.717, 1.165) is 53.1 Å². The number of aryl methyl sites for hydroxylation is 1.